The van der Waals surface area contributed by atoms with Crippen LogP contribution in [0.15, 0.2) is 97.3 Å². The topological polar surface area (TPSA) is 45.7 Å². The average Bonchev–Trinajstić information content (AvgIpc) is 2.97. The maximum absolute atomic E-state index is 13.6. The molecule has 6 heteroatoms. The SMILES string of the molecule is O=C(c1ccc(N2CCCCC2)cc1)N(Cc1ccncc1)Cc1ccc(OCc2cccc(F)c2)cc1. The highest BCUT2D eigenvalue weighted by Gasteiger charge is 2.18. The first-order valence-corrected chi connectivity index (χ1v) is 13.1. The standard InChI is InChI=1S/C32H32FN3O2/c33-29-6-4-5-27(21-29)24-38-31-13-7-25(8-14-31)22-36(23-26-15-17-34-18-16-26)32(37)28-9-11-30(12-10-28)35-19-2-1-3-20-35/h4-18,21H,1-3,19-20,22-24H2. The molecule has 1 saturated heterocycles. The first kappa shape index (κ1) is 25.5. The van der Waals surface area contributed by atoms with E-state index in [0.29, 0.717) is 24.4 Å². The van der Waals surface area contributed by atoms with Crippen LogP contribution >= 0.6 is 0 Å². The smallest absolute Gasteiger partial charge is 0.254 e. The number of halogens is 1. The molecule has 38 heavy (non-hydrogen) atoms. The van der Waals surface area contributed by atoms with Gasteiger partial charge in [0.25, 0.3) is 5.91 Å². The highest BCUT2D eigenvalue weighted by atomic mass is 19.1. The summed E-state index contributed by atoms with van der Waals surface area (Å²) in [5, 5.41) is 0. The van der Waals surface area contributed by atoms with E-state index >= 15 is 0 Å². The fourth-order valence-corrected chi connectivity index (χ4v) is 4.76. The van der Waals surface area contributed by atoms with E-state index in [0.717, 1.165) is 29.8 Å². The fraction of sp³-hybridized carbons (Fsp3) is 0.250. The molecule has 0 radical (unpaired) electrons. The summed E-state index contributed by atoms with van der Waals surface area (Å²) in [4.78, 5) is 22.0. The Morgan fingerprint density at radius 1 is 0.816 bits per heavy atom. The zero-order chi connectivity index (χ0) is 26.2. The fourth-order valence-electron chi connectivity index (χ4n) is 4.76. The van der Waals surface area contributed by atoms with Crippen LogP contribution in [0.1, 0.15) is 46.3 Å². The highest BCUT2D eigenvalue weighted by Crippen LogP contribution is 2.22. The van der Waals surface area contributed by atoms with Crippen LogP contribution in [-0.4, -0.2) is 28.9 Å². The van der Waals surface area contributed by atoms with Crippen molar-refractivity contribution in [1.82, 2.24) is 9.88 Å². The Kier molecular flexibility index (Phi) is 8.29. The minimum Gasteiger partial charge on any atom is -0.489 e. The molecule has 0 aliphatic carbocycles. The molecule has 0 atom stereocenters. The molecule has 1 aromatic heterocycles. The van der Waals surface area contributed by atoms with Crippen molar-refractivity contribution in [3.63, 3.8) is 0 Å². The van der Waals surface area contributed by atoms with Crippen molar-refractivity contribution in [1.29, 1.82) is 0 Å². The summed E-state index contributed by atoms with van der Waals surface area (Å²) in [5.74, 6) is 0.401. The maximum atomic E-state index is 13.6. The lowest BCUT2D eigenvalue weighted by Gasteiger charge is -2.29. The van der Waals surface area contributed by atoms with Gasteiger partial charge in [-0.3, -0.25) is 9.78 Å². The number of pyridine rings is 1. The Morgan fingerprint density at radius 3 is 2.18 bits per heavy atom. The Hall–Kier alpha value is -4.19. The molecule has 194 valence electrons. The molecular formula is C32H32FN3O2. The molecule has 1 aliphatic heterocycles. The van der Waals surface area contributed by atoms with Crippen LogP contribution in [-0.2, 0) is 19.7 Å². The summed E-state index contributed by atoms with van der Waals surface area (Å²) in [6, 6.07) is 26.0. The minimum atomic E-state index is -0.276. The Morgan fingerprint density at radius 2 is 1.50 bits per heavy atom. The van der Waals surface area contributed by atoms with Gasteiger partial charge in [-0.2, -0.15) is 0 Å². The minimum absolute atomic E-state index is 0.0153. The first-order chi connectivity index (χ1) is 18.6. The summed E-state index contributed by atoms with van der Waals surface area (Å²) in [6.45, 7) is 3.37. The third-order valence-corrected chi connectivity index (χ3v) is 6.84. The second kappa shape index (κ2) is 12.4. The zero-order valence-electron chi connectivity index (χ0n) is 21.4. The van der Waals surface area contributed by atoms with Crippen LogP contribution in [0.5, 0.6) is 5.75 Å². The summed E-state index contributed by atoms with van der Waals surface area (Å²) in [6.07, 6.45) is 7.22. The van der Waals surface area contributed by atoms with E-state index in [9.17, 15) is 9.18 Å². The Labute approximate surface area is 223 Å². The average molecular weight is 510 g/mol. The number of carbonyl (C=O) groups excluding carboxylic acids is 1. The van der Waals surface area contributed by atoms with Gasteiger partial charge in [-0.25, -0.2) is 4.39 Å². The number of hydrogen-bond donors (Lipinski definition) is 0. The monoisotopic (exact) mass is 509 g/mol. The van der Waals surface area contributed by atoms with Gasteiger partial charge in [-0.15, -0.1) is 0 Å². The number of hydrogen-bond acceptors (Lipinski definition) is 4. The lowest BCUT2D eigenvalue weighted by atomic mass is 10.1. The van der Waals surface area contributed by atoms with Crippen molar-refractivity contribution < 1.29 is 13.9 Å². The highest BCUT2D eigenvalue weighted by molar-refractivity contribution is 5.94. The molecular weight excluding hydrogens is 477 g/mol. The first-order valence-electron chi connectivity index (χ1n) is 13.1. The molecule has 5 rings (SSSR count). The largest absolute Gasteiger partial charge is 0.489 e. The molecule has 1 aliphatic rings. The number of carbonyl (C=O) groups is 1. The maximum Gasteiger partial charge on any atom is 0.254 e. The van der Waals surface area contributed by atoms with Gasteiger partial charge in [0, 0.05) is 49.8 Å². The van der Waals surface area contributed by atoms with Crippen LogP contribution < -0.4 is 9.64 Å². The van der Waals surface area contributed by atoms with Gasteiger partial charge in [0.2, 0.25) is 0 Å². The zero-order valence-corrected chi connectivity index (χ0v) is 21.4. The van der Waals surface area contributed by atoms with Crippen molar-refractivity contribution in [2.45, 2.75) is 39.0 Å². The number of ether oxygens (including phenoxy) is 1. The molecule has 2 heterocycles. The lowest BCUT2D eigenvalue weighted by Crippen LogP contribution is -2.31. The van der Waals surface area contributed by atoms with E-state index in [1.54, 1.807) is 18.5 Å². The molecule has 1 fully saturated rings. The van der Waals surface area contributed by atoms with E-state index < -0.39 is 0 Å². The van der Waals surface area contributed by atoms with Crippen LogP contribution in [0.25, 0.3) is 0 Å². The third kappa shape index (κ3) is 6.76. The number of amides is 1. The van der Waals surface area contributed by atoms with Gasteiger partial charge in [0.05, 0.1) is 0 Å². The Bertz CT molecular complexity index is 1320. The summed E-state index contributed by atoms with van der Waals surface area (Å²) < 4.78 is 19.2. The molecule has 0 unspecified atom stereocenters. The van der Waals surface area contributed by atoms with E-state index in [-0.39, 0.29) is 18.3 Å². The number of rotatable bonds is 9. The van der Waals surface area contributed by atoms with Gasteiger partial charge < -0.3 is 14.5 Å². The van der Waals surface area contributed by atoms with Crippen LogP contribution in [0.4, 0.5) is 10.1 Å². The molecule has 4 aromatic rings. The number of anilines is 1. The lowest BCUT2D eigenvalue weighted by molar-refractivity contribution is 0.0730. The van der Waals surface area contributed by atoms with Crippen molar-refractivity contribution in [2.24, 2.45) is 0 Å². The second-order valence-corrected chi connectivity index (χ2v) is 9.67. The van der Waals surface area contributed by atoms with E-state index in [1.165, 1.54) is 37.1 Å². The summed E-state index contributed by atoms with van der Waals surface area (Å²) in [5.41, 5.74) is 4.64. The van der Waals surface area contributed by atoms with E-state index in [4.69, 9.17) is 4.74 Å². The third-order valence-electron chi connectivity index (χ3n) is 6.84. The molecule has 0 bridgehead atoms. The van der Waals surface area contributed by atoms with Gasteiger partial charge in [-0.1, -0.05) is 24.3 Å². The predicted molar refractivity (Wildman–Crippen MR) is 147 cm³/mol. The van der Waals surface area contributed by atoms with Crippen molar-refractivity contribution in [3.05, 3.63) is 125 Å². The quantitative estimate of drug-likeness (QED) is 0.254. The van der Waals surface area contributed by atoms with Crippen LogP contribution in [0.3, 0.4) is 0 Å². The predicted octanol–water partition coefficient (Wildman–Crippen LogP) is 6.63. The summed E-state index contributed by atoms with van der Waals surface area (Å²) in [7, 11) is 0. The molecule has 0 N–H and O–H groups in total. The molecule has 1 amide bonds. The number of nitrogens with zero attached hydrogens (tertiary/aromatic N) is 3. The van der Waals surface area contributed by atoms with E-state index in [2.05, 4.69) is 22.0 Å². The normalized spacial score (nSPS) is 13.2. The molecule has 0 saturated carbocycles. The van der Waals surface area contributed by atoms with Crippen LogP contribution in [0.2, 0.25) is 0 Å². The van der Waals surface area contributed by atoms with Crippen LogP contribution in [0, 0.1) is 5.82 Å². The van der Waals surface area contributed by atoms with Gasteiger partial charge in [-0.05, 0) is 96.6 Å². The van der Waals surface area contributed by atoms with Crippen molar-refractivity contribution in [3.8, 4) is 5.75 Å². The number of aromatic nitrogens is 1. The second-order valence-electron chi connectivity index (χ2n) is 9.67. The van der Waals surface area contributed by atoms with Crippen molar-refractivity contribution in [2.75, 3.05) is 18.0 Å². The Balaban J connectivity index is 1.28. The molecule has 3 aromatic carbocycles. The van der Waals surface area contributed by atoms with Gasteiger partial charge in [0.1, 0.15) is 18.2 Å². The molecule has 5 nitrogen and oxygen atoms in total. The van der Waals surface area contributed by atoms with E-state index in [1.807, 2.05) is 59.5 Å². The van der Waals surface area contributed by atoms with Gasteiger partial charge in [0.15, 0.2) is 0 Å². The number of piperidine rings is 1. The van der Waals surface area contributed by atoms with Crippen molar-refractivity contribution >= 4 is 11.6 Å². The summed E-state index contributed by atoms with van der Waals surface area (Å²) >= 11 is 0. The number of benzene rings is 3. The molecule has 0 spiro atoms. The van der Waals surface area contributed by atoms with Gasteiger partial charge >= 0.3 is 0 Å².